The molecule has 12 heteroatoms. The van der Waals surface area contributed by atoms with Crippen molar-refractivity contribution in [1.82, 2.24) is 14.9 Å². The molecule has 1 saturated heterocycles. The van der Waals surface area contributed by atoms with Gasteiger partial charge in [-0.05, 0) is 36.6 Å². The van der Waals surface area contributed by atoms with Crippen LogP contribution in [0.15, 0.2) is 36.7 Å². The van der Waals surface area contributed by atoms with Crippen LogP contribution < -0.4 is 14.8 Å². The van der Waals surface area contributed by atoms with E-state index in [0.717, 1.165) is 6.07 Å². The molecule has 0 spiro atoms. The van der Waals surface area contributed by atoms with Crippen molar-refractivity contribution < 1.29 is 26.5 Å². The molecule has 0 radical (unpaired) electrons. The number of nitrogens with one attached hydrogen (secondary N) is 2. The average molecular weight is 498 g/mol. The maximum absolute atomic E-state index is 15.0. The Hall–Kier alpha value is -3.12. The Kier molecular flexibility index (Phi) is 6.80. The van der Waals surface area contributed by atoms with Crippen molar-refractivity contribution in [2.45, 2.75) is 19.0 Å². The molecule has 1 aliphatic rings. The molecular formula is C22H23F4N5O2S. The van der Waals surface area contributed by atoms with E-state index in [1.165, 1.54) is 36.8 Å². The van der Waals surface area contributed by atoms with Crippen molar-refractivity contribution in [2.24, 2.45) is 0 Å². The highest BCUT2D eigenvalue weighted by atomic mass is 32.2. The van der Waals surface area contributed by atoms with Gasteiger partial charge in [0.2, 0.25) is 0 Å². The largest absolute Gasteiger partial charge is 0.487 e. The second kappa shape index (κ2) is 9.63. The normalized spacial score (nSPS) is 18.2. The summed E-state index contributed by atoms with van der Waals surface area (Å²) in [6, 6.07) is 6.47. The van der Waals surface area contributed by atoms with Gasteiger partial charge in [0.15, 0.2) is 0 Å². The molecule has 1 fully saturated rings. The SMILES string of the molecule is C=S(C)(=O)Nc1cc(F)c2c(Nc3ccc(F)cc3OC3CCN(CC(F)F)C3)ncnc2c1. The van der Waals surface area contributed by atoms with E-state index in [1.807, 2.05) is 0 Å². The van der Waals surface area contributed by atoms with Crippen LogP contribution in [0.4, 0.5) is 34.8 Å². The van der Waals surface area contributed by atoms with E-state index in [9.17, 15) is 21.8 Å². The summed E-state index contributed by atoms with van der Waals surface area (Å²) in [5.74, 6) is 2.54. The summed E-state index contributed by atoms with van der Waals surface area (Å²) in [6.45, 7) is 0.384. The smallest absolute Gasteiger partial charge is 0.251 e. The third-order valence-electron chi connectivity index (χ3n) is 5.14. The molecule has 3 aromatic rings. The van der Waals surface area contributed by atoms with Crippen LogP contribution in [0.2, 0.25) is 0 Å². The average Bonchev–Trinajstić information content (AvgIpc) is 3.14. The molecule has 182 valence electrons. The fourth-order valence-corrected chi connectivity index (χ4v) is 4.42. The van der Waals surface area contributed by atoms with Crippen LogP contribution in [0.3, 0.4) is 0 Å². The molecule has 2 atom stereocenters. The lowest BCUT2D eigenvalue weighted by Crippen LogP contribution is -2.29. The van der Waals surface area contributed by atoms with Crippen LogP contribution >= 0.6 is 0 Å². The number of rotatable bonds is 8. The Morgan fingerprint density at radius 2 is 2.06 bits per heavy atom. The number of likely N-dealkylation sites (tertiary alicyclic amines) is 1. The summed E-state index contributed by atoms with van der Waals surface area (Å²) < 4.78 is 74.7. The van der Waals surface area contributed by atoms with Crippen LogP contribution in [-0.2, 0) is 9.71 Å². The van der Waals surface area contributed by atoms with Crippen molar-refractivity contribution in [3.8, 4) is 5.75 Å². The first-order valence-corrected chi connectivity index (χ1v) is 12.5. The predicted molar refractivity (Wildman–Crippen MR) is 125 cm³/mol. The quantitative estimate of drug-likeness (QED) is 0.361. The highest BCUT2D eigenvalue weighted by Gasteiger charge is 2.27. The zero-order valence-electron chi connectivity index (χ0n) is 18.2. The Bertz CT molecular complexity index is 1310. The standard InChI is InChI=1S/C22H23F4N5O2S/c1-34(2,32)30-14-8-16(24)21-18(9-14)27-12-28-22(21)29-17-4-3-13(23)7-19(17)33-15-5-6-31(10-15)11-20(25)26/h3-4,7-9,12,15,20H,1,5-6,10-11H2,2H3,(H,30,32)(H,27,28,29). The number of ether oxygens (including phenoxy) is 1. The minimum absolute atomic E-state index is 0.0685. The van der Waals surface area contributed by atoms with Crippen LogP contribution in [0.25, 0.3) is 10.9 Å². The van der Waals surface area contributed by atoms with Gasteiger partial charge in [-0.25, -0.2) is 31.7 Å². The molecule has 1 aromatic heterocycles. The fourth-order valence-electron chi connectivity index (χ4n) is 3.80. The van der Waals surface area contributed by atoms with E-state index >= 15 is 0 Å². The maximum Gasteiger partial charge on any atom is 0.251 e. The molecule has 2 unspecified atom stereocenters. The lowest BCUT2D eigenvalue weighted by molar-refractivity contribution is 0.0931. The summed E-state index contributed by atoms with van der Waals surface area (Å²) in [5, 5.41) is 3.03. The molecule has 34 heavy (non-hydrogen) atoms. The summed E-state index contributed by atoms with van der Waals surface area (Å²) in [4.78, 5) is 9.78. The molecule has 0 saturated carbocycles. The molecule has 4 rings (SSSR count). The van der Waals surface area contributed by atoms with E-state index in [0.29, 0.717) is 18.7 Å². The molecule has 2 heterocycles. The van der Waals surface area contributed by atoms with E-state index < -0.39 is 33.9 Å². The first-order valence-electron chi connectivity index (χ1n) is 10.4. The van der Waals surface area contributed by atoms with Crippen LogP contribution in [-0.4, -0.2) is 63.4 Å². The third kappa shape index (κ3) is 5.86. The predicted octanol–water partition coefficient (Wildman–Crippen LogP) is 4.04. The second-order valence-electron chi connectivity index (χ2n) is 8.13. The Morgan fingerprint density at radius 3 is 2.79 bits per heavy atom. The first-order chi connectivity index (χ1) is 16.1. The summed E-state index contributed by atoms with van der Waals surface area (Å²) >= 11 is 0. The van der Waals surface area contributed by atoms with Crippen LogP contribution in [0, 0.1) is 11.6 Å². The molecule has 0 bridgehead atoms. The molecule has 2 N–H and O–H groups in total. The first kappa shape index (κ1) is 24.0. The number of hydrogen-bond donors (Lipinski definition) is 2. The van der Waals surface area contributed by atoms with Gasteiger partial charge in [-0.1, -0.05) is 0 Å². The highest BCUT2D eigenvalue weighted by molar-refractivity contribution is 8.00. The van der Waals surface area contributed by atoms with Crippen molar-refractivity contribution in [1.29, 1.82) is 0 Å². The zero-order valence-corrected chi connectivity index (χ0v) is 19.0. The lowest BCUT2D eigenvalue weighted by Gasteiger charge is -2.19. The third-order valence-corrected chi connectivity index (χ3v) is 5.81. The van der Waals surface area contributed by atoms with Crippen LogP contribution in [0.1, 0.15) is 6.42 Å². The Labute approximate surface area is 194 Å². The molecule has 0 aliphatic carbocycles. The zero-order chi connectivity index (χ0) is 24.5. The summed E-state index contributed by atoms with van der Waals surface area (Å²) in [7, 11) is -2.63. The number of halogens is 4. The number of fused-ring (bicyclic) bond motifs is 1. The van der Waals surface area contributed by atoms with Gasteiger partial charge in [0.1, 0.15) is 35.6 Å². The van der Waals surface area contributed by atoms with Gasteiger partial charge in [-0.2, -0.15) is 0 Å². The summed E-state index contributed by atoms with van der Waals surface area (Å²) in [5.41, 5.74) is 0.814. The summed E-state index contributed by atoms with van der Waals surface area (Å²) in [6.07, 6.45) is 0.273. The fraction of sp³-hybridized carbons (Fsp3) is 0.318. The van der Waals surface area contributed by atoms with Crippen molar-refractivity contribution >= 4 is 43.7 Å². The molecule has 1 aliphatic heterocycles. The van der Waals surface area contributed by atoms with E-state index in [2.05, 4.69) is 25.9 Å². The van der Waals surface area contributed by atoms with Gasteiger partial charge in [0.25, 0.3) is 6.43 Å². The lowest BCUT2D eigenvalue weighted by atomic mass is 10.2. The van der Waals surface area contributed by atoms with Gasteiger partial charge in [0.05, 0.1) is 28.8 Å². The number of hydrogen-bond acceptors (Lipinski definition) is 6. The van der Waals surface area contributed by atoms with Gasteiger partial charge in [0, 0.05) is 35.1 Å². The second-order valence-corrected chi connectivity index (χ2v) is 10.3. The number of benzene rings is 2. The van der Waals surface area contributed by atoms with E-state index in [-0.39, 0.29) is 41.2 Å². The number of anilines is 3. The molecule has 7 nitrogen and oxygen atoms in total. The Morgan fingerprint density at radius 1 is 1.26 bits per heavy atom. The van der Waals surface area contributed by atoms with Gasteiger partial charge in [-0.15, -0.1) is 0 Å². The topological polar surface area (TPSA) is 79.4 Å². The van der Waals surface area contributed by atoms with E-state index in [1.54, 1.807) is 4.90 Å². The number of nitrogens with zero attached hydrogens (tertiary/aromatic N) is 3. The van der Waals surface area contributed by atoms with Gasteiger partial charge >= 0.3 is 0 Å². The monoisotopic (exact) mass is 497 g/mol. The van der Waals surface area contributed by atoms with Crippen LogP contribution in [0.5, 0.6) is 5.75 Å². The molecule has 2 aromatic carbocycles. The van der Waals surface area contributed by atoms with Crippen molar-refractivity contribution in [3.63, 3.8) is 0 Å². The van der Waals surface area contributed by atoms with Gasteiger partial charge < -0.3 is 14.8 Å². The highest BCUT2D eigenvalue weighted by Crippen LogP contribution is 2.34. The van der Waals surface area contributed by atoms with Crippen molar-refractivity contribution in [2.75, 3.05) is 35.9 Å². The van der Waals surface area contributed by atoms with Crippen molar-refractivity contribution in [3.05, 3.63) is 48.3 Å². The minimum atomic E-state index is -2.63. The molecule has 0 amide bonds. The van der Waals surface area contributed by atoms with Gasteiger partial charge in [-0.3, -0.25) is 4.90 Å². The maximum atomic E-state index is 15.0. The number of aromatic nitrogens is 2. The van der Waals surface area contributed by atoms with E-state index in [4.69, 9.17) is 4.74 Å². The number of alkyl halides is 2. The minimum Gasteiger partial charge on any atom is -0.487 e. The Balaban J connectivity index is 1.61. The molecular weight excluding hydrogens is 474 g/mol.